The number of benzene rings is 3. The van der Waals surface area contributed by atoms with E-state index in [0.717, 1.165) is 10.0 Å². The molecule has 0 amide bonds. The monoisotopic (exact) mass is 444 g/mol. The third kappa shape index (κ3) is 5.42. The number of halogens is 1. The van der Waals surface area contributed by atoms with Gasteiger partial charge in [0, 0.05) is 10.0 Å². The van der Waals surface area contributed by atoms with Crippen LogP contribution in [0, 0.1) is 0 Å². The molecule has 0 aliphatic heterocycles. The van der Waals surface area contributed by atoms with Crippen LogP contribution in [0.25, 0.3) is 0 Å². The Bertz CT molecular complexity index is 1020. The van der Waals surface area contributed by atoms with Gasteiger partial charge in [0.2, 0.25) is 0 Å². The van der Waals surface area contributed by atoms with E-state index >= 15 is 0 Å². The Balaban J connectivity index is 1.68. The van der Waals surface area contributed by atoms with Gasteiger partial charge in [0.25, 0.3) is 10.0 Å². The van der Waals surface area contributed by atoms with Crippen molar-refractivity contribution in [1.82, 2.24) is 4.83 Å². The lowest BCUT2D eigenvalue weighted by atomic mass is 10.2. The van der Waals surface area contributed by atoms with Crippen molar-refractivity contribution in [2.24, 2.45) is 5.10 Å². The average molecular weight is 445 g/mol. The molecule has 0 saturated heterocycles. The van der Waals surface area contributed by atoms with E-state index in [9.17, 15) is 8.42 Å². The third-order valence-corrected chi connectivity index (χ3v) is 5.42. The smallest absolute Gasteiger partial charge is 0.276 e. The number of rotatable bonds is 7. The van der Waals surface area contributed by atoms with E-state index in [1.165, 1.54) is 18.3 Å². The summed E-state index contributed by atoms with van der Waals surface area (Å²) in [6.07, 6.45) is 1.43. The van der Waals surface area contributed by atoms with Crippen molar-refractivity contribution in [2.75, 3.05) is 0 Å². The lowest BCUT2D eigenvalue weighted by molar-refractivity contribution is 0.306. The topological polar surface area (TPSA) is 67.8 Å². The van der Waals surface area contributed by atoms with Crippen molar-refractivity contribution >= 4 is 32.2 Å². The molecule has 138 valence electrons. The first-order valence-corrected chi connectivity index (χ1v) is 10.4. The van der Waals surface area contributed by atoms with Crippen molar-refractivity contribution in [3.63, 3.8) is 0 Å². The second kappa shape index (κ2) is 8.83. The molecule has 7 heteroatoms. The molecule has 0 radical (unpaired) electrons. The third-order valence-electron chi connectivity index (χ3n) is 3.66. The lowest BCUT2D eigenvalue weighted by Gasteiger charge is -2.09. The van der Waals surface area contributed by atoms with Gasteiger partial charge < -0.3 is 4.74 Å². The number of nitrogens with one attached hydrogen (secondary N) is 1. The van der Waals surface area contributed by atoms with Gasteiger partial charge in [0.1, 0.15) is 12.4 Å². The Morgan fingerprint density at radius 1 is 0.926 bits per heavy atom. The van der Waals surface area contributed by atoms with Crippen LogP contribution >= 0.6 is 15.9 Å². The van der Waals surface area contributed by atoms with E-state index in [-0.39, 0.29) is 4.90 Å². The summed E-state index contributed by atoms with van der Waals surface area (Å²) >= 11 is 3.40. The minimum absolute atomic E-state index is 0.155. The van der Waals surface area contributed by atoms with Crippen LogP contribution in [-0.2, 0) is 16.6 Å². The number of hydrazone groups is 1. The van der Waals surface area contributed by atoms with E-state index < -0.39 is 10.0 Å². The van der Waals surface area contributed by atoms with Crippen molar-refractivity contribution in [2.45, 2.75) is 11.5 Å². The molecule has 0 bridgehead atoms. The van der Waals surface area contributed by atoms with Crippen molar-refractivity contribution in [3.05, 3.63) is 94.5 Å². The minimum Gasteiger partial charge on any atom is -0.488 e. The zero-order chi connectivity index (χ0) is 19.1. The van der Waals surface area contributed by atoms with Gasteiger partial charge in [0.15, 0.2) is 0 Å². The molecule has 0 atom stereocenters. The number of ether oxygens (including phenoxy) is 1. The molecule has 0 aliphatic carbocycles. The summed E-state index contributed by atoms with van der Waals surface area (Å²) in [5.41, 5.74) is 1.69. The van der Waals surface area contributed by atoms with Crippen LogP contribution in [0.1, 0.15) is 11.1 Å². The molecule has 27 heavy (non-hydrogen) atoms. The van der Waals surface area contributed by atoms with E-state index in [1.807, 2.05) is 42.5 Å². The van der Waals surface area contributed by atoms with Gasteiger partial charge >= 0.3 is 0 Å². The highest BCUT2D eigenvalue weighted by atomic mass is 79.9. The fourth-order valence-corrected chi connectivity index (χ4v) is 3.35. The van der Waals surface area contributed by atoms with Gasteiger partial charge in [-0.05, 0) is 42.0 Å². The molecule has 0 aliphatic rings. The molecule has 0 heterocycles. The van der Waals surface area contributed by atoms with E-state index in [4.69, 9.17) is 4.74 Å². The van der Waals surface area contributed by atoms with Gasteiger partial charge in [-0.2, -0.15) is 13.5 Å². The first-order valence-electron chi connectivity index (χ1n) is 8.11. The van der Waals surface area contributed by atoms with Gasteiger partial charge in [-0.1, -0.05) is 58.4 Å². The van der Waals surface area contributed by atoms with Crippen LogP contribution in [0.5, 0.6) is 5.75 Å². The summed E-state index contributed by atoms with van der Waals surface area (Å²) in [5, 5.41) is 3.87. The number of hydrogen-bond donors (Lipinski definition) is 1. The number of para-hydroxylation sites is 1. The largest absolute Gasteiger partial charge is 0.488 e. The summed E-state index contributed by atoms with van der Waals surface area (Å²) in [7, 11) is -3.70. The molecule has 1 N–H and O–H groups in total. The van der Waals surface area contributed by atoms with Crippen LogP contribution in [0.4, 0.5) is 0 Å². The molecule has 0 fully saturated rings. The summed E-state index contributed by atoms with van der Waals surface area (Å²) < 4.78 is 31.2. The molecule has 3 aromatic carbocycles. The zero-order valence-corrected chi connectivity index (χ0v) is 16.7. The normalized spacial score (nSPS) is 11.4. The highest BCUT2D eigenvalue weighted by molar-refractivity contribution is 9.10. The molecule has 3 aromatic rings. The van der Waals surface area contributed by atoms with Gasteiger partial charge in [-0.25, -0.2) is 4.83 Å². The molecule has 3 rings (SSSR count). The van der Waals surface area contributed by atoms with Crippen LogP contribution in [0.15, 0.2) is 93.3 Å². The maximum Gasteiger partial charge on any atom is 0.276 e. The van der Waals surface area contributed by atoms with Gasteiger partial charge in [0.05, 0.1) is 11.1 Å². The summed E-state index contributed by atoms with van der Waals surface area (Å²) in [6, 6.07) is 23.2. The fraction of sp³-hybridized carbons (Fsp3) is 0.0500. The number of sulfonamides is 1. The van der Waals surface area contributed by atoms with Crippen molar-refractivity contribution < 1.29 is 13.2 Å². The molecule has 0 unspecified atom stereocenters. The molecular weight excluding hydrogens is 428 g/mol. The molecule has 0 saturated carbocycles. The molecule has 5 nitrogen and oxygen atoms in total. The Labute approximate surface area is 166 Å². The van der Waals surface area contributed by atoms with Crippen molar-refractivity contribution in [1.29, 1.82) is 0 Å². The Morgan fingerprint density at radius 2 is 1.59 bits per heavy atom. The predicted octanol–water partition coefficient (Wildman–Crippen LogP) is 4.34. The first-order chi connectivity index (χ1) is 13.0. The van der Waals surface area contributed by atoms with Crippen molar-refractivity contribution in [3.8, 4) is 5.75 Å². The Kier molecular flexibility index (Phi) is 6.26. The molecular formula is C20H17BrN2O3S. The fourth-order valence-electron chi connectivity index (χ4n) is 2.28. The van der Waals surface area contributed by atoms with E-state index in [2.05, 4.69) is 25.9 Å². The quantitative estimate of drug-likeness (QED) is 0.435. The number of nitrogens with zero attached hydrogens (tertiary/aromatic N) is 1. The first kappa shape index (κ1) is 19.1. The minimum atomic E-state index is -3.70. The highest BCUT2D eigenvalue weighted by Gasteiger charge is 2.11. The van der Waals surface area contributed by atoms with Crippen LogP contribution in [0.2, 0.25) is 0 Å². The standard InChI is InChI=1S/C20H17BrN2O3S/c21-18-12-10-16(11-13-18)15-26-20-9-5-4-6-17(20)14-22-23-27(24,25)19-7-2-1-3-8-19/h1-14,23H,15H2. The van der Waals surface area contributed by atoms with E-state index in [1.54, 1.807) is 24.3 Å². The zero-order valence-electron chi connectivity index (χ0n) is 14.2. The second-order valence-corrected chi connectivity index (χ2v) is 8.20. The Morgan fingerprint density at radius 3 is 2.33 bits per heavy atom. The number of hydrogen-bond acceptors (Lipinski definition) is 4. The van der Waals surface area contributed by atoms with Gasteiger partial charge in [-0.3, -0.25) is 0 Å². The van der Waals surface area contributed by atoms with E-state index in [0.29, 0.717) is 17.9 Å². The van der Waals surface area contributed by atoms with Crippen LogP contribution in [0.3, 0.4) is 0 Å². The summed E-state index contributed by atoms with van der Waals surface area (Å²) in [5.74, 6) is 0.614. The predicted molar refractivity (Wildman–Crippen MR) is 109 cm³/mol. The Hall–Kier alpha value is -2.64. The summed E-state index contributed by atoms with van der Waals surface area (Å²) in [6.45, 7) is 0.397. The van der Waals surface area contributed by atoms with Crippen LogP contribution < -0.4 is 9.57 Å². The SMILES string of the molecule is O=S(=O)(NN=Cc1ccccc1OCc1ccc(Br)cc1)c1ccccc1. The average Bonchev–Trinajstić information content (AvgIpc) is 2.69. The molecule has 0 spiro atoms. The summed E-state index contributed by atoms with van der Waals surface area (Å²) in [4.78, 5) is 2.37. The maximum absolute atomic E-state index is 12.2. The van der Waals surface area contributed by atoms with Gasteiger partial charge in [-0.15, -0.1) is 0 Å². The highest BCUT2D eigenvalue weighted by Crippen LogP contribution is 2.18. The second-order valence-electron chi connectivity index (χ2n) is 5.62. The lowest BCUT2D eigenvalue weighted by Crippen LogP contribution is -2.18. The molecule has 0 aromatic heterocycles. The van der Waals surface area contributed by atoms with Crippen LogP contribution in [-0.4, -0.2) is 14.6 Å². The maximum atomic E-state index is 12.2.